The lowest BCUT2D eigenvalue weighted by molar-refractivity contribution is 1.49. The fourth-order valence-corrected chi connectivity index (χ4v) is 2.27. The van der Waals surface area contributed by atoms with Crippen LogP contribution in [0.25, 0.3) is 22.3 Å². The van der Waals surface area contributed by atoms with Gasteiger partial charge in [-0.05, 0) is 17.7 Å². The maximum Gasteiger partial charge on any atom is 0.137 e. The van der Waals surface area contributed by atoms with Gasteiger partial charge in [-0.1, -0.05) is 29.8 Å². The third-order valence-electron chi connectivity index (χ3n) is 2.95. The first kappa shape index (κ1) is 14.1. The van der Waals surface area contributed by atoms with Gasteiger partial charge in [0.1, 0.15) is 35.4 Å². The molecule has 0 heterocycles. The van der Waals surface area contributed by atoms with Crippen LogP contribution in [0.4, 0.5) is 0 Å². The number of nitrogens with zero attached hydrogens (tertiary/aromatic N) is 4. The second-order valence-corrected chi connectivity index (χ2v) is 4.46. The van der Waals surface area contributed by atoms with Gasteiger partial charge in [0.2, 0.25) is 0 Å². The van der Waals surface area contributed by atoms with Crippen LogP contribution in [-0.2, 0) is 0 Å². The van der Waals surface area contributed by atoms with E-state index in [0.717, 1.165) is 0 Å². The summed E-state index contributed by atoms with van der Waals surface area (Å²) in [6.45, 7) is 0. The number of fused-ring (bicyclic) bond motifs is 1. The van der Waals surface area contributed by atoms with Gasteiger partial charge in [-0.25, -0.2) is 0 Å². The SMILES string of the molecule is N#CC(C#N)=c1cccc2c(Cl)cc(=C(C#N)C#N)c-2c1. The molecule has 0 fully saturated rings. The van der Waals surface area contributed by atoms with Gasteiger partial charge in [0.05, 0.1) is 0 Å². The van der Waals surface area contributed by atoms with E-state index in [1.54, 1.807) is 24.3 Å². The normalized spacial score (nSPS) is 9.00. The molecule has 0 saturated heterocycles. The molecule has 0 saturated carbocycles. The maximum absolute atomic E-state index is 9.02. The van der Waals surface area contributed by atoms with E-state index in [4.69, 9.17) is 32.6 Å². The highest BCUT2D eigenvalue weighted by Gasteiger charge is 2.12. The summed E-state index contributed by atoms with van der Waals surface area (Å²) >= 11 is 6.13. The summed E-state index contributed by atoms with van der Waals surface area (Å²) in [6.07, 6.45) is 0. The fraction of sp³-hybridized carbons (Fsp3) is 0. The van der Waals surface area contributed by atoms with Gasteiger partial charge in [0.15, 0.2) is 0 Å². The monoisotopic (exact) mass is 288 g/mol. The van der Waals surface area contributed by atoms with E-state index >= 15 is 0 Å². The van der Waals surface area contributed by atoms with Crippen molar-refractivity contribution >= 4 is 22.7 Å². The lowest BCUT2D eigenvalue weighted by Crippen LogP contribution is -2.07. The largest absolute Gasteiger partial charge is 0.192 e. The molecule has 0 spiro atoms. The van der Waals surface area contributed by atoms with Crippen LogP contribution in [0, 0.1) is 45.3 Å². The molecule has 2 aliphatic rings. The standard InChI is InChI=1S/C16H5ClN4/c17-16-5-14(12(8-20)9-21)15-4-10(11(6-18)7-19)2-1-3-13(15)16/h1-5H. The molecule has 0 aromatic rings. The van der Waals surface area contributed by atoms with E-state index in [1.807, 2.05) is 24.3 Å². The maximum atomic E-state index is 9.02. The predicted molar refractivity (Wildman–Crippen MR) is 76.6 cm³/mol. The first-order valence-electron chi connectivity index (χ1n) is 5.73. The van der Waals surface area contributed by atoms with Crippen LogP contribution in [-0.4, -0.2) is 0 Å². The van der Waals surface area contributed by atoms with Crippen LogP contribution >= 0.6 is 11.6 Å². The minimum Gasteiger partial charge on any atom is -0.192 e. The molecule has 0 unspecified atom stereocenters. The highest BCUT2D eigenvalue weighted by Crippen LogP contribution is 2.26. The molecule has 0 atom stereocenters. The summed E-state index contributed by atoms with van der Waals surface area (Å²) in [5, 5.41) is 37.2. The summed E-state index contributed by atoms with van der Waals surface area (Å²) in [5.74, 6) is 0. The number of nitriles is 4. The van der Waals surface area contributed by atoms with Gasteiger partial charge in [-0.2, -0.15) is 21.0 Å². The molecule has 2 aliphatic carbocycles. The summed E-state index contributed by atoms with van der Waals surface area (Å²) in [4.78, 5) is 0. The van der Waals surface area contributed by atoms with E-state index in [0.29, 0.717) is 26.6 Å². The van der Waals surface area contributed by atoms with Crippen LogP contribution in [0.3, 0.4) is 0 Å². The van der Waals surface area contributed by atoms with Crippen LogP contribution in [0.1, 0.15) is 0 Å². The second-order valence-electron chi connectivity index (χ2n) is 4.06. The Kier molecular flexibility index (Phi) is 3.87. The number of hydrogen-bond acceptors (Lipinski definition) is 4. The van der Waals surface area contributed by atoms with Gasteiger partial charge in [0.25, 0.3) is 0 Å². The Morgan fingerprint density at radius 2 is 1.43 bits per heavy atom. The van der Waals surface area contributed by atoms with Crippen molar-refractivity contribution in [2.75, 3.05) is 0 Å². The molecule has 0 aliphatic heterocycles. The van der Waals surface area contributed by atoms with Gasteiger partial charge < -0.3 is 0 Å². The number of halogens is 1. The Labute approximate surface area is 125 Å². The fourth-order valence-electron chi connectivity index (χ4n) is 1.99. The molecule has 0 amide bonds. The summed E-state index contributed by atoms with van der Waals surface area (Å²) in [7, 11) is 0. The molecule has 5 heteroatoms. The molecule has 0 aromatic heterocycles. The highest BCUT2D eigenvalue weighted by atomic mass is 35.5. The Morgan fingerprint density at radius 1 is 0.810 bits per heavy atom. The summed E-state index contributed by atoms with van der Waals surface area (Å²) in [5.41, 5.74) is 1.09. The van der Waals surface area contributed by atoms with Gasteiger partial charge in [-0.15, -0.1) is 0 Å². The van der Waals surface area contributed by atoms with Crippen molar-refractivity contribution in [3.05, 3.63) is 45.8 Å². The summed E-state index contributed by atoms with van der Waals surface area (Å²) in [6, 6.07) is 15.4. The molecular weight excluding hydrogens is 284 g/mol. The zero-order chi connectivity index (χ0) is 15.4. The lowest BCUT2D eigenvalue weighted by atomic mass is 10.1. The van der Waals surface area contributed by atoms with Gasteiger partial charge in [0, 0.05) is 21.0 Å². The van der Waals surface area contributed by atoms with Crippen molar-refractivity contribution in [2.24, 2.45) is 0 Å². The van der Waals surface area contributed by atoms with Crippen molar-refractivity contribution in [1.82, 2.24) is 0 Å². The Hall–Kier alpha value is -3.31. The second kappa shape index (κ2) is 5.77. The molecule has 4 nitrogen and oxygen atoms in total. The van der Waals surface area contributed by atoms with Crippen LogP contribution in [0.5, 0.6) is 0 Å². The van der Waals surface area contributed by atoms with E-state index in [-0.39, 0.29) is 11.1 Å². The smallest absolute Gasteiger partial charge is 0.137 e. The van der Waals surface area contributed by atoms with E-state index in [9.17, 15) is 0 Å². The van der Waals surface area contributed by atoms with Gasteiger partial charge >= 0.3 is 0 Å². The molecule has 96 valence electrons. The van der Waals surface area contributed by atoms with Crippen LogP contribution in [0.15, 0.2) is 30.3 Å². The zero-order valence-electron chi connectivity index (χ0n) is 10.6. The molecule has 0 radical (unpaired) electrons. The highest BCUT2D eigenvalue weighted by molar-refractivity contribution is 6.33. The Morgan fingerprint density at radius 3 is 2.00 bits per heavy atom. The van der Waals surface area contributed by atoms with Crippen molar-refractivity contribution in [2.45, 2.75) is 0 Å². The minimum absolute atomic E-state index is 0.0498. The molecule has 0 aromatic carbocycles. The van der Waals surface area contributed by atoms with E-state index < -0.39 is 0 Å². The quantitative estimate of drug-likeness (QED) is 0.739. The van der Waals surface area contributed by atoms with Crippen molar-refractivity contribution in [3.63, 3.8) is 0 Å². The Bertz CT molecular complexity index is 959. The third kappa shape index (κ3) is 2.41. The van der Waals surface area contributed by atoms with Gasteiger partial charge in [-0.3, -0.25) is 0 Å². The first-order chi connectivity index (χ1) is 10.2. The van der Waals surface area contributed by atoms with Crippen molar-refractivity contribution in [1.29, 1.82) is 21.0 Å². The van der Waals surface area contributed by atoms with Crippen LogP contribution in [0.2, 0.25) is 5.02 Å². The topological polar surface area (TPSA) is 95.2 Å². The first-order valence-corrected chi connectivity index (χ1v) is 6.11. The Balaban J connectivity index is 3.10. The third-order valence-corrected chi connectivity index (χ3v) is 3.27. The molecule has 21 heavy (non-hydrogen) atoms. The van der Waals surface area contributed by atoms with E-state index in [1.165, 1.54) is 6.07 Å². The van der Waals surface area contributed by atoms with E-state index in [2.05, 4.69) is 0 Å². The number of hydrogen-bond donors (Lipinski definition) is 0. The molecule has 2 rings (SSSR count). The average molecular weight is 289 g/mol. The zero-order valence-corrected chi connectivity index (χ0v) is 11.3. The minimum atomic E-state index is -0.0699. The van der Waals surface area contributed by atoms with Crippen molar-refractivity contribution in [3.8, 4) is 35.4 Å². The summed E-state index contributed by atoms with van der Waals surface area (Å²) < 4.78 is 0. The van der Waals surface area contributed by atoms with Crippen LogP contribution < -0.4 is 10.4 Å². The molecule has 0 bridgehead atoms. The van der Waals surface area contributed by atoms with Crippen molar-refractivity contribution < 1.29 is 0 Å². The predicted octanol–water partition coefficient (Wildman–Crippen LogP) is 1.84. The lowest BCUT2D eigenvalue weighted by Gasteiger charge is -1.93. The molecular formula is C16H5ClN4. The molecule has 0 N–H and O–H groups in total. The number of rotatable bonds is 0. The average Bonchev–Trinajstić information content (AvgIpc) is 2.67.